The molecule has 1 aromatic heterocycles. The second-order valence-electron chi connectivity index (χ2n) is 4.18. The highest BCUT2D eigenvalue weighted by Crippen LogP contribution is 2.24. The number of rotatable bonds is 3. The molecule has 0 saturated heterocycles. The second kappa shape index (κ2) is 5.57. The Labute approximate surface area is 128 Å². The number of nitrogens with two attached hydrogens (primary N) is 1. The molecule has 0 bridgehead atoms. The van der Waals surface area contributed by atoms with Crippen LogP contribution in [0.4, 0.5) is 20.3 Å². The first-order valence-electron chi connectivity index (χ1n) is 5.61. The van der Waals surface area contributed by atoms with Crippen LogP contribution >= 0.6 is 15.9 Å². The molecule has 0 spiro atoms. The van der Waals surface area contributed by atoms with Gasteiger partial charge in [-0.1, -0.05) is 0 Å². The molecule has 0 atom stereocenters. The lowest BCUT2D eigenvalue weighted by Crippen LogP contribution is -2.17. The molecule has 21 heavy (non-hydrogen) atoms. The summed E-state index contributed by atoms with van der Waals surface area (Å²) < 4.78 is 53.9. The summed E-state index contributed by atoms with van der Waals surface area (Å²) in [7, 11) is -4.34. The fraction of sp³-hybridized carbons (Fsp3) is 0.0833. The van der Waals surface area contributed by atoms with Crippen molar-refractivity contribution in [2.24, 2.45) is 0 Å². The number of aryl methyl sites for hydroxylation is 1. The largest absolute Gasteiger partial charge is 0.399 e. The summed E-state index contributed by atoms with van der Waals surface area (Å²) in [6, 6.07) is 4.51. The van der Waals surface area contributed by atoms with Gasteiger partial charge in [0.05, 0.1) is 5.69 Å². The predicted molar refractivity (Wildman–Crippen MR) is 78.3 cm³/mol. The molecule has 2 aromatic rings. The zero-order chi connectivity index (χ0) is 15.8. The Kier molecular flexibility index (Phi) is 4.15. The molecule has 2 rings (SSSR count). The third-order valence-corrected chi connectivity index (χ3v) is 4.76. The minimum absolute atomic E-state index is 0.0158. The smallest absolute Gasteiger partial charge is 0.266 e. The van der Waals surface area contributed by atoms with Crippen molar-refractivity contribution in [1.82, 2.24) is 4.98 Å². The number of aromatic nitrogens is 1. The number of hydrogen-bond acceptors (Lipinski definition) is 4. The first-order valence-corrected chi connectivity index (χ1v) is 7.89. The van der Waals surface area contributed by atoms with Crippen LogP contribution in [0.2, 0.25) is 0 Å². The molecule has 0 fully saturated rings. The molecule has 0 radical (unpaired) electrons. The van der Waals surface area contributed by atoms with Gasteiger partial charge in [-0.3, -0.25) is 4.72 Å². The summed E-state index contributed by atoms with van der Waals surface area (Å²) in [6.07, 6.45) is 0. The van der Waals surface area contributed by atoms with E-state index in [1.54, 1.807) is 13.0 Å². The monoisotopic (exact) mass is 377 g/mol. The number of nitrogens with one attached hydrogen (secondary N) is 1. The van der Waals surface area contributed by atoms with E-state index in [4.69, 9.17) is 5.73 Å². The van der Waals surface area contributed by atoms with Gasteiger partial charge in [0.2, 0.25) is 0 Å². The normalized spacial score (nSPS) is 11.4. The van der Waals surface area contributed by atoms with E-state index in [0.717, 1.165) is 6.07 Å². The molecule has 0 aliphatic carbocycles. The van der Waals surface area contributed by atoms with Crippen LogP contribution in [0.1, 0.15) is 5.69 Å². The van der Waals surface area contributed by atoms with Gasteiger partial charge in [0.15, 0.2) is 11.6 Å². The number of pyridine rings is 1. The molecule has 5 nitrogen and oxygen atoms in total. The molecule has 0 aliphatic heterocycles. The standard InChI is InChI=1S/C12H10BrF2N3O2S/c1-6-8(13)2-3-11(17-6)18-21(19,20)10-5-7(16)4-9(14)12(10)15/h2-5H,16H2,1H3,(H,17,18). The lowest BCUT2D eigenvalue weighted by Gasteiger charge is -2.10. The van der Waals surface area contributed by atoms with E-state index in [0.29, 0.717) is 16.2 Å². The summed E-state index contributed by atoms with van der Waals surface area (Å²) in [5.41, 5.74) is 5.68. The van der Waals surface area contributed by atoms with Gasteiger partial charge in [-0.05, 0) is 47.1 Å². The molecule has 112 valence electrons. The van der Waals surface area contributed by atoms with Crippen molar-refractivity contribution in [3.05, 3.63) is 46.1 Å². The molecule has 0 saturated carbocycles. The number of halogens is 3. The van der Waals surface area contributed by atoms with Gasteiger partial charge in [0.25, 0.3) is 10.0 Å². The minimum atomic E-state index is -4.34. The number of nitrogen functional groups attached to an aromatic ring is 1. The van der Waals surface area contributed by atoms with E-state index in [1.807, 2.05) is 0 Å². The number of anilines is 2. The number of hydrogen-bond donors (Lipinski definition) is 2. The average Bonchev–Trinajstić information content (AvgIpc) is 2.37. The van der Waals surface area contributed by atoms with E-state index in [2.05, 4.69) is 25.6 Å². The molecule has 0 aliphatic rings. The quantitative estimate of drug-likeness (QED) is 0.805. The maximum absolute atomic E-state index is 13.6. The van der Waals surface area contributed by atoms with Gasteiger partial charge < -0.3 is 5.73 Å². The van der Waals surface area contributed by atoms with Crippen molar-refractivity contribution < 1.29 is 17.2 Å². The SMILES string of the molecule is Cc1nc(NS(=O)(=O)c2cc(N)cc(F)c2F)ccc1Br. The van der Waals surface area contributed by atoms with Gasteiger partial charge in [-0.2, -0.15) is 0 Å². The fourth-order valence-electron chi connectivity index (χ4n) is 1.57. The first kappa shape index (κ1) is 15.6. The van der Waals surface area contributed by atoms with E-state index < -0.39 is 26.6 Å². The van der Waals surface area contributed by atoms with Crippen molar-refractivity contribution in [2.45, 2.75) is 11.8 Å². The van der Waals surface area contributed by atoms with Gasteiger partial charge in [0, 0.05) is 10.2 Å². The molecular formula is C12H10BrF2N3O2S. The molecular weight excluding hydrogens is 368 g/mol. The van der Waals surface area contributed by atoms with Crippen LogP contribution in [0.5, 0.6) is 0 Å². The van der Waals surface area contributed by atoms with Crippen molar-refractivity contribution in [3.63, 3.8) is 0 Å². The third kappa shape index (κ3) is 3.30. The van der Waals surface area contributed by atoms with E-state index in [-0.39, 0.29) is 11.5 Å². The highest BCUT2D eigenvalue weighted by molar-refractivity contribution is 9.10. The number of benzene rings is 1. The van der Waals surface area contributed by atoms with Crippen molar-refractivity contribution >= 4 is 37.5 Å². The molecule has 3 N–H and O–H groups in total. The Balaban J connectivity index is 2.45. The topological polar surface area (TPSA) is 85.1 Å². The van der Waals surface area contributed by atoms with Crippen molar-refractivity contribution in [2.75, 3.05) is 10.5 Å². The minimum Gasteiger partial charge on any atom is -0.399 e. The summed E-state index contributed by atoms with van der Waals surface area (Å²) in [5.74, 6) is -2.85. The Hall–Kier alpha value is -1.74. The van der Waals surface area contributed by atoms with Crippen molar-refractivity contribution in [1.29, 1.82) is 0 Å². The third-order valence-electron chi connectivity index (χ3n) is 2.57. The zero-order valence-electron chi connectivity index (χ0n) is 10.7. The average molecular weight is 378 g/mol. The van der Waals surface area contributed by atoms with Gasteiger partial charge in [-0.15, -0.1) is 0 Å². The maximum Gasteiger partial charge on any atom is 0.266 e. The van der Waals surface area contributed by atoms with E-state index >= 15 is 0 Å². The van der Waals surface area contributed by atoms with Crippen LogP contribution in [-0.4, -0.2) is 13.4 Å². The Bertz CT molecular complexity index is 812. The van der Waals surface area contributed by atoms with E-state index in [1.165, 1.54) is 6.07 Å². The molecule has 0 unspecified atom stereocenters. The summed E-state index contributed by atoms with van der Waals surface area (Å²) >= 11 is 3.22. The molecule has 0 amide bonds. The van der Waals surface area contributed by atoms with Gasteiger partial charge in [0.1, 0.15) is 10.7 Å². The highest BCUT2D eigenvalue weighted by atomic mass is 79.9. The van der Waals surface area contributed by atoms with Gasteiger partial charge in [-0.25, -0.2) is 22.2 Å². The van der Waals surface area contributed by atoms with Crippen LogP contribution in [-0.2, 0) is 10.0 Å². The lowest BCUT2D eigenvalue weighted by atomic mass is 10.3. The summed E-state index contributed by atoms with van der Waals surface area (Å²) in [5, 5.41) is 0. The van der Waals surface area contributed by atoms with Crippen LogP contribution < -0.4 is 10.5 Å². The van der Waals surface area contributed by atoms with Crippen LogP contribution in [0.25, 0.3) is 0 Å². The second-order valence-corrected chi connectivity index (χ2v) is 6.69. The Morgan fingerprint density at radius 3 is 2.57 bits per heavy atom. The van der Waals surface area contributed by atoms with Crippen molar-refractivity contribution in [3.8, 4) is 0 Å². The Morgan fingerprint density at radius 2 is 1.95 bits per heavy atom. The number of sulfonamides is 1. The molecule has 9 heteroatoms. The predicted octanol–water partition coefficient (Wildman–Crippen LogP) is 2.81. The Morgan fingerprint density at radius 1 is 1.29 bits per heavy atom. The highest BCUT2D eigenvalue weighted by Gasteiger charge is 2.23. The van der Waals surface area contributed by atoms with Crippen LogP contribution in [0.3, 0.4) is 0 Å². The summed E-state index contributed by atoms with van der Waals surface area (Å²) in [6.45, 7) is 1.66. The van der Waals surface area contributed by atoms with Gasteiger partial charge >= 0.3 is 0 Å². The molecule has 1 heterocycles. The van der Waals surface area contributed by atoms with Crippen LogP contribution in [0.15, 0.2) is 33.6 Å². The summed E-state index contributed by atoms with van der Waals surface area (Å²) in [4.78, 5) is 3.10. The molecule has 1 aromatic carbocycles. The zero-order valence-corrected chi connectivity index (χ0v) is 13.1. The van der Waals surface area contributed by atoms with Crippen LogP contribution in [0, 0.1) is 18.6 Å². The van der Waals surface area contributed by atoms with E-state index in [9.17, 15) is 17.2 Å². The lowest BCUT2D eigenvalue weighted by molar-refractivity contribution is 0.486. The maximum atomic E-state index is 13.6. The first-order chi connectivity index (χ1) is 9.70. The fourth-order valence-corrected chi connectivity index (χ4v) is 2.92. The number of nitrogens with zero attached hydrogens (tertiary/aromatic N) is 1.